The summed E-state index contributed by atoms with van der Waals surface area (Å²) >= 11 is 5.63. The molecule has 0 aromatic carbocycles. The number of hydrogen-bond acceptors (Lipinski definition) is 2. The van der Waals surface area contributed by atoms with Gasteiger partial charge in [-0.1, -0.05) is 38.5 Å². The molecule has 1 aliphatic carbocycles. The molecule has 0 spiro atoms. The molecule has 0 aliphatic heterocycles. The van der Waals surface area contributed by atoms with Gasteiger partial charge in [0.1, 0.15) is 0 Å². The molecule has 0 radical (unpaired) electrons. The van der Waals surface area contributed by atoms with Crippen molar-refractivity contribution in [3.8, 4) is 0 Å². The number of hydrogen-bond donors (Lipinski definition) is 1. The second kappa shape index (κ2) is 7.66. The number of nitrogens with two attached hydrogens (primary N) is 1. The maximum Gasteiger partial charge on any atom is 0.0749 e. The van der Waals surface area contributed by atoms with Crippen molar-refractivity contribution < 1.29 is 0 Å². The fourth-order valence-corrected chi connectivity index (χ4v) is 4.99. The van der Waals surface area contributed by atoms with Gasteiger partial charge in [-0.05, 0) is 52.7 Å². The molecule has 0 atom stereocenters. The molecule has 0 bridgehead atoms. The van der Waals surface area contributed by atoms with Crippen LogP contribution in [0, 0.1) is 0 Å². The van der Waals surface area contributed by atoms with E-state index in [1.54, 1.807) is 10.4 Å². The van der Waals surface area contributed by atoms with Gasteiger partial charge in [-0.25, -0.2) is 0 Å². The molecule has 0 saturated carbocycles. The first-order chi connectivity index (χ1) is 8.83. The zero-order valence-electron chi connectivity index (χ0n) is 11.1. The number of thiophene rings is 1. The van der Waals surface area contributed by atoms with Crippen molar-refractivity contribution in [2.75, 3.05) is 0 Å². The molecule has 0 fully saturated rings. The molecule has 102 valence electrons. The van der Waals surface area contributed by atoms with Crippen LogP contribution >= 0.6 is 27.3 Å². The summed E-state index contributed by atoms with van der Waals surface area (Å²) in [5.74, 6) is 0. The molecular weight excluding hydrogens is 306 g/mol. The van der Waals surface area contributed by atoms with Crippen LogP contribution in [0.25, 0.3) is 0 Å². The average Bonchev–Trinajstić information content (AvgIpc) is 2.65. The van der Waals surface area contributed by atoms with Crippen LogP contribution in [-0.2, 0) is 19.4 Å². The molecule has 2 rings (SSSR count). The van der Waals surface area contributed by atoms with Gasteiger partial charge in [0.25, 0.3) is 0 Å². The van der Waals surface area contributed by atoms with Gasteiger partial charge >= 0.3 is 0 Å². The van der Waals surface area contributed by atoms with Gasteiger partial charge in [0, 0.05) is 11.4 Å². The number of halogens is 1. The van der Waals surface area contributed by atoms with Gasteiger partial charge in [0.05, 0.1) is 3.79 Å². The van der Waals surface area contributed by atoms with Gasteiger partial charge in [0.2, 0.25) is 0 Å². The molecule has 1 aromatic rings. The highest BCUT2D eigenvalue weighted by Crippen LogP contribution is 2.35. The first-order valence-corrected chi connectivity index (χ1v) is 8.93. The summed E-state index contributed by atoms with van der Waals surface area (Å²) in [5.41, 5.74) is 8.87. The molecule has 2 N–H and O–H groups in total. The molecule has 0 amide bonds. The third kappa shape index (κ3) is 3.82. The fourth-order valence-electron chi connectivity index (χ4n) is 2.86. The second-order valence-electron chi connectivity index (χ2n) is 5.29. The van der Waals surface area contributed by atoms with E-state index >= 15 is 0 Å². The summed E-state index contributed by atoms with van der Waals surface area (Å²) in [4.78, 5) is 1.60. The standard InChI is InChI=1S/C15H24BrNS/c16-15-13(11-17)12-9-7-5-3-1-2-4-6-8-10-14(12)18-15/h1-11,17H2. The van der Waals surface area contributed by atoms with Crippen LogP contribution in [-0.4, -0.2) is 0 Å². The second-order valence-corrected chi connectivity index (χ2v) is 7.71. The Labute approximate surface area is 123 Å². The van der Waals surface area contributed by atoms with Crippen LogP contribution in [0.4, 0.5) is 0 Å². The Morgan fingerprint density at radius 2 is 1.44 bits per heavy atom. The van der Waals surface area contributed by atoms with E-state index < -0.39 is 0 Å². The molecule has 0 unspecified atom stereocenters. The third-order valence-electron chi connectivity index (χ3n) is 3.94. The fraction of sp³-hybridized carbons (Fsp3) is 0.733. The molecule has 3 heteroatoms. The van der Waals surface area contributed by atoms with E-state index in [4.69, 9.17) is 5.73 Å². The van der Waals surface area contributed by atoms with Gasteiger partial charge in [-0.3, -0.25) is 0 Å². The molecule has 1 aromatic heterocycles. The average molecular weight is 330 g/mol. The lowest BCUT2D eigenvalue weighted by Crippen LogP contribution is -2.02. The van der Waals surface area contributed by atoms with Crippen LogP contribution in [0.5, 0.6) is 0 Å². The molecule has 0 saturated heterocycles. The summed E-state index contributed by atoms with van der Waals surface area (Å²) in [6.45, 7) is 0.687. The van der Waals surface area contributed by atoms with Crippen LogP contribution in [0.15, 0.2) is 3.79 Å². The van der Waals surface area contributed by atoms with Gasteiger partial charge in [-0.2, -0.15) is 0 Å². The Morgan fingerprint density at radius 3 is 2.06 bits per heavy atom. The van der Waals surface area contributed by atoms with E-state index in [2.05, 4.69) is 15.9 Å². The Morgan fingerprint density at radius 1 is 0.889 bits per heavy atom. The van der Waals surface area contributed by atoms with Gasteiger partial charge in [-0.15, -0.1) is 11.3 Å². The van der Waals surface area contributed by atoms with E-state index in [9.17, 15) is 0 Å². The van der Waals surface area contributed by atoms with Crippen molar-refractivity contribution >= 4 is 27.3 Å². The van der Waals surface area contributed by atoms with E-state index in [0.717, 1.165) is 0 Å². The van der Waals surface area contributed by atoms with Crippen molar-refractivity contribution in [3.05, 3.63) is 19.8 Å². The Hall–Kier alpha value is 0.140. The highest BCUT2D eigenvalue weighted by atomic mass is 79.9. The molecule has 1 heterocycles. The minimum absolute atomic E-state index is 0.687. The predicted molar refractivity (Wildman–Crippen MR) is 84.3 cm³/mol. The topological polar surface area (TPSA) is 26.0 Å². The Bertz CT molecular complexity index is 373. The highest BCUT2D eigenvalue weighted by molar-refractivity contribution is 9.11. The maximum absolute atomic E-state index is 5.91. The monoisotopic (exact) mass is 329 g/mol. The Balaban J connectivity index is 2.12. The summed E-state index contributed by atoms with van der Waals surface area (Å²) in [6.07, 6.45) is 13.7. The SMILES string of the molecule is NCc1c(Br)sc2c1CCCCCCCCCC2. The van der Waals surface area contributed by atoms with Crippen molar-refractivity contribution in [1.82, 2.24) is 0 Å². The summed E-state index contributed by atoms with van der Waals surface area (Å²) < 4.78 is 1.28. The molecule has 18 heavy (non-hydrogen) atoms. The lowest BCUT2D eigenvalue weighted by molar-refractivity contribution is 0.561. The molecular formula is C15H24BrNS. The summed E-state index contributed by atoms with van der Waals surface area (Å²) in [7, 11) is 0. The maximum atomic E-state index is 5.91. The van der Waals surface area contributed by atoms with Crippen LogP contribution < -0.4 is 5.73 Å². The van der Waals surface area contributed by atoms with Crippen molar-refractivity contribution in [2.24, 2.45) is 5.73 Å². The van der Waals surface area contributed by atoms with E-state index in [1.807, 2.05) is 11.3 Å². The van der Waals surface area contributed by atoms with Crippen molar-refractivity contribution in [1.29, 1.82) is 0 Å². The van der Waals surface area contributed by atoms with Gasteiger partial charge < -0.3 is 5.73 Å². The highest BCUT2D eigenvalue weighted by Gasteiger charge is 2.15. The third-order valence-corrected chi connectivity index (χ3v) is 6.02. The summed E-state index contributed by atoms with van der Waals surface area (Å²) in [5, 5.41) is 0. The lowest BCUT2D eigenvalue weighted by Gasteiger charge is -2.09. The van der Waals surface area contributed by atoms with Crippen molar-refractivity contribution in [3.63, 3.8) is 0 Å². The van der Waals surface area contributed by atoms with E-state index in [0.29, 0.717) is 6.54 Å². The van der Waals surface area contributed by atoms with Crippen LogP contribution in [0.3, 0.4) is 0 Å². The molecule has 1 aliphatic rings. The largest absolute Gasteiger partial charge is 0.326 e. The minimum Gasteiger partial charge on any atom is -0.326 e. The van der Waals surface area contributed by atoms with Crippen LogP contribution in [0.2, 0.25) is 0 Å². The lowest BCUT2D eigenvalue weighted by atomic mass is 9.98. The van der Waals surface area contributed by atoms with Crippen molar-refractivity contribution in [2.45, 2.75) is 70.8 Å². The first kappa shape index (κ1) is 14.5. The smallest absolute Gasteiger partial charge is 0.0749 e. The quantitative estimate of drug-likeness (QED) is 0.753. The number of fused-ring (bicyclic) bond motifs is 1. The van der Waals surface area contributed by atoms with E-state index in [-0.39, 0.29) is 0 Å². The Kier molecular flexibility index (Phi) is 6.19. The van der Waals surface area contributed by atoms with Crippen LogP contribution in [0.1, 0.15) is 67.4 Å². The predicted octanol–water partition coefficient (Wildman–Crippen LogP) is 5.19. The number of rotatable bonds is 1. The van der Waals surface area contributed by atoms with Gasteiger partial charge in [0.15, 0.2) is 0 Å². The molecule has 1 nitrogen and oxygen atoms in total. The normalized spacial score (nSPS) is 18.8. The first-order valence-electron chi connectivity index (χ1n) is 7.32. The zero-order chi connectivity index (χ0) is 12.8. The van der Waals surface area contributed by atoms with E-state index in [1.165, 1.54) is 73.6 Å². The summed E-state index contributed by atoms with van der Waals surface area (Å²) in [6, 6.07) is 0. The minimum atomic E-state index is 0.687. The zero-order valence-corrected chi connectivity index (χ0v) is 13.5. The number of aryl methyl sites for hydroxylation is 1.